The molecule has 4 aliphatic rings. The van der Waals surface area contributed by atoms with E-state index in [2.05, 4.69) is 6.92 Å². The fourth-order valence-corrected chi connectivity index (χ4v) is 5.89. The number of aliphatic hydroxyl groups is 1. The minimum atomic E-state index is -0.990. The Labute approximate surface area is 145 Å². The van der Waals surface area contributed by atoms with E-state index in [-0.39, 0.29) is 30.0 Å². The Morgan fingerprint density at radius 1 is 1.28 bits per heavy atom. The quantitative estimate of drug-likeness (QED) is 0.616. The monoisotopic (exact) mass is 346 g/mol. The van der Waals surface area contributed by atoms with Crippen molar-refractivity contribution >= 4 is 5.97 Å². The van der Waals surface area contributed by atoms with Gasteiger partial charge >= 0.3 is 11.6 Å². The van der Waals surface area contributed by atoms with Crippen LogP contribution in [0.15, 0.2) is 15.3 Å². The molecule has 0 radical (unpaired) electrons. The van der Waals surface area contributed by atoms with E-state index in [0.717, 1.165) is 5.56 Å². The van der Waals surface area contributed by atoms with Crippen LogP contribution in [0, 0.1) is 11.3 Å². The lowest BCUT2D eigenvalue weighted by Crippen LogP contribution is -2.57. The highest BCUT2D eigenvalue weighted by Crippen LogP contribution is 2.68. The van der Waals surface area contributed by atoms with E-state index >= 15 is 0 Å². The van der Waals surface area contributed by atoms with E-state index in [1.165, 1.54) is 6.07 Å². The highest BCUT2D eigenvalue weighted by molar-refractivity contribution is 5.82. The second kappa shape index (κ2) is 4.35. The first kappa shape index (κ1) is 15.6. The van der Waals surface area contributed by atoms with Crippen LogP contribution in [0.5, 0.6) is 0 Å². The van der Waals surface area contributed by atoms with E-state index in [4.69, 9.17) is 13.9 Å². The molecule has 2 aliphatic heterocycles. The molecule has 0 bridgehead atoms. The first-order valence-corrected chi connectivity index (χ1v) is 8.92. The summed E-state index contributed by atoms with van der Waals surface area (Å²) in [5, 5.41) is 11.1. The van der Waals surface area contributed by atoms with Gasteiger partial charge in [0.15, 0.2) is 0 Å². The number of carbonyl (C=O) groups is 1. The van der Waals surface area contributed by atoms with Gasteiger partial charge in [-0.2, -0.15) is 0 Å². The maximum Gasteiger partial charge on any atom is 0.336 e. The maximum absolute atomic E-state index is 12.7. The lowest BCUT2D eigenvalue weighted by molar-refractivity contribution is -0.152. The first-order chi connectivity index (χ1) is 11.7. The highest BCUT2D eigenvalue weighted by Gasteiger charge is 2.77. The zero-order valence-electron chi connectivity index (χ0n) is 14.7. The summed E-state index contributed by atoms with van der Waals surface area (Å²) in [4.78, 5) is 25.0. The maximum atomic E-state index is 12.7. The summed E-state index contributed by atoms with van der Waals surface area (Å²) in [5.41, 5.74) is -0.263. The molecule has 0 unspecified atom stereocenters. The number of aliphatic hydroxyl groups excluding tert-OH is 1. The summed E-state index contributed by atoms with van der Waals surface area (Å²) in [6.45, 7) is 7.79. The van der Waals surface area contributed by atoms with Gasteiger partial charge in [-0.1, -0.05) is 20.8 Å². The highest BCUT2D eigenvalue weighted by atomic mass is 16.6. The summed E-state index contributed by atoms with van der Waals surface area (Å²) >= 11 is 0. The smallest absolute Gasteiger partial charge is 0.336 e. The molecule has 1 N–H and O–H groups in total. The van der Waals surface area contributed by atoms with Gasteiger partial charge in [-0.25, -0.2) is 4.79 Å². The normalized spacial score (nSPS) is 46.3. The van der Waals surface area contributed by atoms with Gasteiger partial charge < -0.3 is 19.0 Å². The Morgan fingerprint density at radius 2 is 2.00 bits per heavy atom. The van der Waals surface area contributed by atoms with Crippen LogP contribution in [0.2, 0.25) is 0 Å². The Morgan fingerprint density at radius 3 is 2.68 bits per heavy atom. The third kappa shape index (κ3) is 1.63. The number of esters is 1. The van der Waals surface area contributed by atoms with Crippen molar-refractivity contribution in [1.29, 1.82) is 0 Å². The summed E-state index contributed by atoms with van der Waals surface area (Å²) in [6.07, 6.45) is -1.07. The summed E-state index contributed by atoms with van der Waals surface area (Å²) in [6, 6.07) is 1.49. The number of carbonyl (C=O) groups excluding carboxylic acids is 1. The molecule has 3 heterocycles. The molecule has 2 saturated heterocycles. The van der Waals surface area contributed by atoms with E-state index < -0.39 is 28.7 Å². The van der Waals surface area contributed by atoms with Crippen molar-refractivity contribution in [3.8, 4) is 0 Å². The van der Waals surface area contributed by atoms with Crippen LogP contribution in [-0.4, -0.2) is 29.4 Å². The van der Waals surface area contributed by atoms with Gasteiger partial charge in [0.1, 0.15) is 29.5 Å². The van der Waals surface area contributed by atoms with Crippen LogP contribution in [0.3, 0.4) is 0 Å². The fraction of sp³-hybridized carbons (Fsp3) is 0.684. The molecule has 3 fully saturated rings. The minimum absolute atomic E-state index is 0.00427. The topological polar surface area (TPSA) is 89.3 Å². The van der Waals surface area contributed by atoms with Gasteiger partial charge in [0.2, 0.25) is 0 Å². The molecular weight excluding hydrogens is 324 g/mol. The summed E-state index contributed by atoms with van der Waals surface area (Å²) in [5.74, 6) is -0.105. The number of ether oxygens (including phenoxy) is 2. The Hall–Kier alpha value is -1.66. The van der Waals surface area contributed by atoms with Crippen molar-refractivity contribution in [3.63, 3.8) is 0 Å². The molecule has 25 heavy (non-hydrogen) atoms. The molecule has 6 nitrogen and oxygen atoms in total. The molecule has 134 valence electrons. The molecule has 1 aromatic rings. The minimum Gasteiger partial charge on any atom is -0.458 e. The second-order valence-corrected chi connectivity index (χ2v) is 8.70. The number of hydrogen-bond donors (Lipinski definition) is 1. The average molecular weight is 346 g/mol. The number of rotatable bonds is 1. The van der Waals surface area contributed by atoms with E-state index in [1.807, 2.05) is 20.8 Å². The van der Waals surface area contributed by atoms with Crippen LogP contribution in [-0.2, 0) is 19.7 Å². The number of fused-ring (bicyclic) bond motifs is 4. The summed E-state index contributed by atoms with van der Waals surface area (Å²) < 4.78 is 16.9. The number of epoxide rings is 1. The van der Waals surface area contributed by atoms with Crippen LogP contribution >= 0.6 is 0 Å². The molecule has 0 amide bonds. The van der Waals surface area contributed by atoms with Crippen molar-refractivity contribution in [2.24, 2.45) is 11.3 Å². The third-order valence-corrected chi connectivity index (χ3v) is 6.92. The fourth-order valence-electron chi connectivity index (χ4n) is 5.89. The van der Waals surface area contributed by atoms with Crippen molar-refractivity contribution in [3.05, 3.63) is 33.4 Å². The predicted molar refractivity (Wildman–Crippen MR) is 86.1 cm³/mol. The van der Waals surface area contributed by atoms with Gasteiger partial charge in [-0.15, -0.1) is 0 Å². The molecule has 2 aliphatic carbocycles. The van der Waals surface area contributed by atoms with Crippen molar-refractivity contribution in [2.75, 3.05) is 0 Å². The molecular formula is C19H22O6. The predicted octanol–water partition coefficient (Wildman–Crippen LogP) is 1.79. The van der Waals surface area contributed by atoms with Gasteiger partial charge in [0.25, 0.3) is 0 Å². The third-order valence-electron chi connectivity index (χ3n) is 6.92. The molecule has 5 rings (SSSR count). The zero-order valence-corrected chi connectivity index (χ0v) is 14.7. The zero-order chi connectivity index (χ0) is 17.9. The number of hydrogen-bond acceptors (Lipinski definition) is 6. The first-order valence-electron chi connectivity index (χ1n) is 8.92. The van der Waals surface area contributed by atoms with Crippen molar-refractivity contribution in [1.82, 2.24) is 0 Å². The molecule has 0 spiro atoms. The van der Waals surface area contributed by atoms with Crippen LogP contribution in [0.25, 0.3) is 0 Å². The average Bonchev–Trinajstić information content (AvgIpc) is 3.24. The Bertz CT molecular complexity index is 856. The molecule has 7 atom stereocenters. The molecule has 6 heteroatoms. The van der Waals surface area contributed by atoms with Crippen LogP contribution in [0.1, 0.15) is 63.0 Å². The van der Waals surface area contributed by atoms with Gasteiger partial charge in [-0.05, 0) is 18.9 Å². The standard InChI is InChI=1S/C19H22O6/c1-7(2)13-11-8(5-10(20)24-13)18(3)6-9-16(23-9)19(4)15(18)14(12(11)21)25-17(19)22/h5,7,9,12,14-16,21H,6H2,1-4H3/t9-,12-,14-,15-,16-,18-,19-/m1/s1. The van der Waals surface area contributed by atoms with Gasteiger partial charge in [-0.3, -0.25) is 4.79 Å². The second-order valence-electron chi connectivity index (χ2n) is 8.70. The SMILES string of the molecule is CC(C)c1oc(=O)cc2c1[C@@H](O)[C@H]1OC(=O)[C@@]3(C)[C@@H]4O[C@@H]4C[C@@]2(C)[C@@H]13. The van der Waals surface area contributed by atoms with Crippen LogP contribution in [0.4, 0.5) is 0 Å². The van der Waals surface area contributed by atoms with Gasteiger partial charge in [0, 0.05) is 28.9 Å². The Kier molecular flexibility index (Phi) is 2.71. The Balaban J connectivity index is 1.82. The van der Waals surface area contributed by atoms with E-state index in [0.29, 0.717) is 17.7 Å². The molecule has 0 aromatic carbocycles. The largest absolute Gasteiger partial charge is 0.458 e. The van der Waals surface area contributed by atoms with Gasteiger partial charge in [0.05, 0.1) is 6.10 Å². The van der Waals surface area contributed by atoms with Crippen molar-refractivity contribution < 1.29 is 23.8 Å². The van der Waals surface area contributed by atoms with E-state index in [1.54, 1.807) is 0 Å². The van der Waals surface area contributed by atoms with Crippen molar-refractivity contribution in [2.45, 2.75) is 69.9 Å². The van der Waals surface area contributed by atoms with E-state index in [9.17, 15) is 14.7 Å². The van der Waals surface area contributed by atoms with Crippen LogP contribution < -0.4 is 5.63 Å². The lowest BCUT2D eigenvalue weighted by Gasteiger charge is -2.50. The molecule has 1 saturated carbocycles. The lowest BCUT2D eigenvalue weighted by atomic mass is 9.49. The molecule has 1 aromatic heterocycles. The summed E-state index contributed by atoms with van der Waals surface area (Å²) in [7, 11) is 0.